The molecule has 1 aliphatic rings. The first-order chi connectivity index (χ1) is 8.70. The molecule has 0 aliphatic carbocycles. The van der Waals surface area contributed by atoms with Crippen LogP contribution in [-0.4, -0.2) is 26.1 Å². The molecule has 1 heterocycles. The fourth-order valence-corrected chi connectivity index (χ4v) is 2.10. The minimum Gasteiger partial charge on any atom is -0.493 e. The Bertz CT molecular complexity index is 437. The molecule has 4 nitrogen and oxygen atoms in total. The third kappa shape index (κ3) is 2.98. The van der Waals surface area contributed by atoms with Crippen molar-refractivity contribution >= 4 is 5.91 Å². The van der Waals surface area contributed by atoms with Gasteiger partial charge in [0.15, 0.2) is 0 Å². The van der Waals surface area contributed by atoms with Crippen molar-refractivity contribution in [2.45, 2.75) is 18.9 Å². The Hall–Kier alpha value is -1.62. The summed E-state index contributed by atoms with van der Waals surface area (Å²) in [6.45, 7) is 0.846. The summed E-state index contributed by atoms with van der Waals surface area (Å²) < 4.78 is 18.8. The second-order valence-electron chi connectivity index (χ2n) is 4.32. The summed E-state index contributed by atoms with van der Waals surface area (Å²) in [6.07, 6.45) is 1.59. The van der Waals surface area contributed by atoms with Gasteiger partial charge in [0.1, 0.15) is 11.6 Å². The molecule has 2 N–H and O–H groups in total. The van der Waals surface area contributed by atoms with Gasteiger partial charge in [0.25, 0.3) is 0 Å². The Morgan fingerprint density at radius 2 is 2.39 bits per heavy atom. The molecular formula is C13H17FN2O2. The Kier molecular flexibility index (Phi) is 4.15. The van der Waals surface area contributed by atoms with E-state index in [1.54, 1.807) is 13.1 Å². The molecule has 1 amide bonds. The highest BCUT2D eigenvalue weighted by Gasteiger charge is 2.21. The molecule has 0 aromatic heterocycles. The number of nitrogens with one attached hydrogen (secondary N) is 2. The van der Waals surface area contributed by atoms with Crippen LogP contribution in [0.4, 0.5) is 4.39 Å². The first-order valence-electron chi connectivity index (χ1n) is 6.07. The zero-order chi connectivity index (χ0) is 13.0. The second-order valence-corrected chi connectivity index (χ2v) is 4.32. The van der Waals surface area contributed by atoms with E-state index in [1.165, 1.54) is 12.1 Å². The molecule has 0 spiro atoms. The van der Waals surface area contributed by atoms with E-state index in [9.17, 15) is 9.18 Å². The number of benzene rings is 1. The van der Waals surface area contributed by atoms with Gasteiger partial charge in [-0.1, -0.05) is 0 Å². The standard InChI is InChI=1S/C13H17FN2O2/c1-15-8-13(17)16-11-3-2-6-18-12-5-4-9(14)7-10(11)12/h4-5,7,11,15H,2-3,6,8H2,1H3,(H,16,17). The Balaban J connectivity index is 2.20. The lowest BCUT2D eigenvalue weighted by Crippen LogP contribution is -2.35. The van der Waals surface area contributed by atoms with E-state index < -0.39 is 0 Å². The van der Waals surface area contributed by atoms with Gasteiger partial charge < -0.3 is 15.4 Å². The zero-order valence-electron chi connectivity index (χ0n) is 10.3. The number of carbonyl (C=O) groups excluding carboxylic acids is 1. The summed E-state index contributed by atoms with van der Waals surface area (Å²) in [5.74, 6) is 0.246. The lowest BCUT2D eigenvalue weighted by molar-refractivity contribution is -0.120. The molecule has 0 fully saturated rings. The third-order valence-electron chi connectivity index (χ3n) is 2.91. The van der Waals surface area contributed by atoms with Gasteiger partial charge in [0.05, 0.1) is 19.2 Å². The molecule has 5 heteroatoms. The normalized spacial score (nSPS) is 18.4. The van der Waals surface area contributed by atoms with Crippen LogP contribution in [0.2, 0.25) is 0 Å². The number of halogens is 1. The van der Waals surface area contributed by atoms with Gasteiger partial charge in [-0.25, -0.2) is 4.39 Å². The first kappa shape index (κ1) is 12.8. The van der Waals surface area contributed by atoms with E-state index in [4.69, 9.17) is 4.74 Å². The van der Waals surface area contributed by atoms with Crippen molar-refractivity contribution < 1.29 is 13.9 Å². The number of ether oxygens (including phenoxy) is 1. The molecule has 0 saturated heterocycles. The SMILES string of the molecule is CNCC(=O)NC1CCCOc2ccc(F)cc21. The molecule has 18 heavy (non-hydrogen) atoms. The minimum absolute atomic E-state index is 0.0976. The maximum Gasteiger partial charge on any atom is 0.234 e. The number of likely N-dealkylation sites (N-methyl/N-ethyl adjacent to an activating group) is 1. The van der Waals surface area contributed by atoms with Crippen LogP contribution < -0.4 is 15.4 Å². The highest BCUT2D eigenvalue weighted by atomic mass is 19.1. The van der Waals surface area contributed by atoms with Crippen LogP contribution in [-0.2, 0) is 4.79 Å². The van der Waals surface area contributed by atoms with Crippen LogP contribution in [0.1, 0.15) is 24.4 Å². The fourth-order valence-electron chi connectivity index (χ4n) is 2.10. The van der Waals surface area contributed by atoms with E-state index >= 15 is 0 Å². The number of amides is 1. The van der Waals surface area contributed by atoms with Crippen LogP contribution in [0, 0.1) is 5.82 Å². The van der Waals surface area contributed by atoms with Gasteiger partial charge in [-0.15, -0.1) is 0 Å². The molecule has 2 rings (SSSR count). The third-order valence-corrected chi connectivity index (χ3v) is 2.91. The van der Waals surface area contributed by atoms with Crippen molar-refractivity contribution in [2.24, 2.45) is 0 Å². The molecule has 0 saturated carbocycles. The van der Waals surface area contributed by atoms with E-state index in [1.807, 2.05) is 0 Å². The zero-order valence-corrected chi connectivity index (χ0v) is 10.3. The van der Waals surface area contributed by atoms with Gasteiger partial charge in [0.2, 0.25) is 5.91 Å². The summed E-state index contributed by atoms with van der Waals surface area (Å²) in [6, 6.07) is 4.24. The molecule has 1 aromatic rings. The summed E-state index contributed by atoms with van der Waals surface area (Å²) in [5, 5.41) is 5.69. The molecule has 1 atom stereocenters. The number of rotatable bonds is 3. The fraction of sp³-hybridized carbons (Fsp3) is 0.462. The van der Waals surface area contributed by atoms with Gasteiger partial charge >= 0.3 is 0 Å². The molecule has 0 bridgehead atoms. The Morgan fingerprint density at radius 3 is 3.17 bits per heavy atom. The van der Waals surface area contributed by atoms with Crippen molar-refractivity contribution in [3.8, 4) is 5.75 Å². The van der Waals surface area contributed by atoms with E-state index in [2.05, 4.69) is 10.6 Å². The van der Waals surface area contributed by atoms with E-state index in [-0.39, 0.29) is 24.3 Å². The summed E-state index contributed by atoms with van der Waals surface area (Å²) in [5.41, 5.74) is 0.719. The number of hydrogen-bond acceptors (Lipinski definition) is 3. The maximum absolute atomic E-state index is 13.3. The average molecular weight is 252 g/mol. The van der Waals surface area contributed by atoms with Crippen molar-refractivity contribution in [1.29, 1.82) is 0 Å². The molecule has 1 unspecified atom stereocenters. The topological polar surface area (TPSA) is 50.4 Å². The van der Waals surface area contributed by atoms with Crippen molar-refractivity contribution in [3.05, 3.63) is 29.6 Å². The van der Waals surface area contributed by atoms with Gasteiger partial charge in [-0.2, -0.15) is 0 Å². The monoisotopic (exact) mass is 252 g/mol. The van der Waals surface area contributed by atoms with Crippen molar-refractivity contribution in [3.63, 3.8) is 0 Å². The number of hydrogen-bond donors (Lipinski definition) is 2. The van der Waals surface area contributed by atoms with Gasteiger partial charge in [-0.05, 0) is 38.1 Å². The first-order valence-corrected chi connectivity index (χ1v) is 6.07. The van der Waals surface area contributed by atoms with Crippen LogP contribution >= 0.6 is 0 Å². The lowest BCUT2D eigenvalue weighted by atomic mass is 10.0. The smallest absolute Gasteiger partial charge is 0.234 e. The largest absolute Gasteiger partial charge is 0.493 e. The van der Waals surface area contributed by atoms with Crippen molar-refractivity contribution in [2.75, 3.05) is 20.2 Å². The van der Waals surface area contributed by atoms with Gasteiger partial charge in [-0.3, -0.25) is 4.79 Å². The molecule has 1 aromatic carbocycles. The quantitative estimate of drug-likeness (QED) is 0.854. The Morgan fingerprint density at radius 1 is 1.56 bits per heavy atom. The average Bonchev–Trinajstić information content (AvgIpc) is 2.52. The predicted molar refractivity (Wildman–Crippen MR) is 65.9 cm³/mol. The minimum atomic E-state index is -0.313. The van der Waals surface area contributed by atoms with Crippen LogP contribution in [0.15, 0.2) is 18.2 Å². The highest BCUT2D eigenvalue weighted by molar-refractivity contribution is 5.78. The maximum atomic E-state index is 13.3. The van der Waals surface area contributed by atoms with Crippen LogP contribution in [0.3, 0.4) is 0 Å². The molecule has 0 radical (unpaired) electrons. The second kappa shape index (κ2) is 5.82. The molecule has 98 valence electrons. The van der Waals surface area contributed by atoms with Crippen molar-refractivity contribution in [1.82, 2.24) is 10.6 Å². The molecular weight excluding hydrogens is 235 g/mol. The van der Waals surface area contributed by atoms with E-state index in [0.717, 1.165) is 18.4 Å². The van der Waals surface area contributed by atoms with E-state index in [0.29, 0.717) is 12.4 Å². The number of carbonyl (C=O) groups is 1. The summed E-state index contributed by atoms with van der Waals surface area (Å²) in [7, 11) is 1.71. The Labute approximate surface area is 106 Å². The summed E-state index contributed by atoms with van der Waals surface area (Å²) in [4.78, 5) is 11.6. The highest BCUT2D eigenvalue weighted by Crippen LogP contribution is 2.31. The van der Waals surface area contributed by atoms with Crippen LogP contribution in [0.5, 0.6) is 5.75 Å². The molecule has 1 aliphatic heterocycles. The lowest BCUT2D eigenvalue weighted by Gasteiger charge is -2.18. The summed E-state index contributed by atoms with van der Waals surface area (Å²) >= 11 is 0. The van der Waals surface area contributed by atoms with Gasteiger partial charge in [0, 0.05) is 5.56 Å². The van der Waals surface area contributed by atoms with Crippen LogP contribution in [0.25, 0.3) is 0 Å². The predicted octanol–water partition coefficient (Wildman–Crippen LogP) is 1.37. The number of fused-ring (bicyclic) bond motifs is 1.